The Morgan fingerprint density at radius 3 is 2.37 bits per heavy atom. The van der Waals surface area contributed by atoms with Crippen LogP contribution in [0.3, 0.4) is 0 Å². The highest BCUT2D eigenvalue weighted by molar-refractivity contribution is 5.40. The summed E-state index contributed by atoms with van der Waals surface area (Å²) in [5.74, 6) is -0.102. The first kappa shape index (κ1) is 15.8. The van der Waals surface area contributed by atoms with Crippen molar-refractivity contribution in [1.82, 2.24) is 0 Å². The highest BCUT2D eigenvalue weighted by atomic mass is 19.4. The van der Waals surface area contributed by atoms with Crippen molar-refractivity contribution in [2.45, 2.75) is 32.9 Å². The highest BCUT2D eigenvalue weighted by Gasteiger charge is 2.34. The van der Waals surface area contributed by atoms with Crippen molar-refractivity contribution in [1.29, 1.82) is 0 Å². The fraction of sp³-hybridized carbons (Fsp3) is 0.571. The minimum Gasteiger partial charge on any atom is -0.491 e. The maximum absolute atomic E-state index is 13.0. The molecule has 0 amide bonds. The van der Waals surface area contributed by atoms with Crippen molar-refractivity contribution < 1.29 is 22.6 Å². The molecule has 19 heavy (non-hydrogen) atoms. The molecule has 1 aromatic rings. The Balaban J connectivity index is 2.90. The van der Waals surface area contributed by atoms with E-state index < -0.39 is 11.7 Å². The van der Waals surface area contributed by atoms with Crippen LogP contribution in [0.2, 0.25) is 0 Å². The van der Waals surface area contributed by atoms with Gasteiger partial charge in [-0.1, -0.05) is 19.9 Å². The van der Waals surface area contributed by atoms with Crippen LogP contribution in [0.15, 0.2) is 18.2 Å². The molecule has 0 atom stereocenters. The van der Waals surface area contributed by atoms with Crippen molar-refractivity contribution in [2.75, 3.05) is 19.8 Å². The van der Waals surface area contributed by atoms with E-state index >= 15 is 0 Å². The van der Waals surface area contributed by atoms with E-state index in [0.29, 0.717) is 12.2 Å². The Bertz CT molecular complexity index is 400. The van der Waals surface area contributed by atoms with Gasteiger partial charge in [-0.15, -0.1) is 0 Å². The molecule has 0 aliphatic heterocycles. The summed E-state index contributed by atoms with van der Waals surface area (Å²) < 4.78 is 49.1. The molecule has 1 rings (SSSR count). The Morgan fingerprint density at radius 2 is 1.84 bits per heavy atom. The molecule has 5 heteroatoms. The molecule has 2 nitrogen and oxygen atoms in total. The van der Waals surface area contributed by atoms with Gasteiger partial charge in [0, 0.05) is 6.61 Å². The summed E-state index contributed by atoms with van der Waals surface area (Å²) in [6.45, 7) is 6.42. The van der Waals surface area contributed by atoms with E-state index in [2.05, 4.69) is 0 Å². The molecule has 0 saturated heterocycles. The van der Waals surface area contributed by atoms with Gasteiger partial charge in [-0.25, -0.2) is 0 Å². The smallest absolute Gasteiger partial charge is 0.419 e. The average Bonchev–Trinajstić information content (AvgIpc) is 2.33. The van der Waals surface area contributed by atoms with E-state index in [1.165, 1.54) is 6.07 Å². The SMILES string of the molecule is CCOCCOc1ccc(C(C)C)cc1C(F)(F)F. The predicted octanol–water partition coefficient (Wildman–Crippen LogP) is 4.24. The summed E-state index contributed by atoms with van der Waals surface area (Å²) in [7, 11) is 0. The molecule has 0 fully saturated rings. The van der Waals surface area contributed by atoms with Crippen molar-refractivity contribution in [3.63, 3.8) is 0 Å². The molecule has 0 aliphatic carbocycles. The van der Waals surface area contributed by atoms with Crippen LogP contribution in [0.4, 0.5) is 13.2 Å². The maximum atomic E-state index is 13.0. The number of hydrogen-bond donors (Lipinski definition) is 0. The van der Waals surface area contributed by atoms with E-state index in [1.54, 1.807) is 6.07 Å². The molecule has 0 N–H and O–H groups in total. The Labute approximate surface area is 111 Å². The van der Waals surface area contributed by atoms with E-state index in [-0.39, 0.29) is 24.9 Å². The van der Waals surface area contributed by atoms with Crippen molar-refractivity contribution >= 4 is 0 Å². The van der Waals surface area contributed by atoms with Gasteiger partial charge in [0.1, 0.15) is 12.4 Å². The molecule has 0 spiro atoms. The fourth-order valence-corrected chi connectivity index (χ4v) is 1.61. The second-order valence-electron chi connectivity index (χ2n) is 4.45. The number of rotatable bonds is 6. The number of hydrogen-bond acceptors (Lipinski definition) is 2. The zero-order valence-electron chi connectivity index (χ0n) is 11.4. The van der Waals surface area contributed by atoms with Crippen molar-refractivity contribution in [3.05, 3.63) is 29.3 Å². The van der Waals surface area contributed by atoms with Crippen LogP contribution in [-0.2, 0) is 10.9 Å². The van der Waals surface area contributed by atoms with E-state index in [4.69, 9.17) is 9.47 Å². The van der Waals surface area contributed by atoms with E-state index in [0.717, 1.165) is 6.07 Å². The van der Waals surface area contributed by atoms with Gasteiger partial charge < -0.3 is 9.47 Å². The predicted molar refractivity (Wildman–Crippen MR) is 67.5 cm³/mol. The van der Waals surface area contributed by atoms with E-state index in [1.807, 2.05) is 20.8 Å². The lowest BCUT2D eigenvalue weighted by Gasteiger charge is -2.16. The van der Waals surface area contributed by atoms with Crippen LogP contribution in [0.5, 0.6) is 5.75 Å². The first-order valence-electron chi connectivity index (χ1n) is 6.28. The number of ether oxygens (including phenoxy) is 2. The van der Waals surface area contributed by atoms with Gasteiger partial charge in [0.05, 0.1) is 12.2 Å². The maximum Gasteiger partial charge on any atom is 0.419 e. The third-order valence-corrected chi connectivity index (χ3v) is 2.67. The van der Waals surface area contributed by atoms with Gasteiger partial charge >= 0.3 is 6.18 Å². The number of halogens is 3. The van der Waals surface area contributed by atoms with Gasteiger partial charge in [-0.2, -0.15) is 13.2 Å². The largest absolute Gasteiger partial charge is 0.491 e. The molecule has 0 radical (unpaired) electrons. The van der Waals surface area contributed by atoms with Gasteiger partial charge in [0.2, 0.25) is 0 Å². The first-order valence-corrected chi connectivity index (χ1v) is 6.28. The second kappa shape index (κ2) is 6.80. The molecule has 0 saturated carbocycles. The summed E-state index contributed by atoms with van der Waals surface area (Å²) in [4.78, 5) is 0. The molecule has 0 aliphatic rings. The Hall–Kier alpha value is -1.23. The third kappa shape index (κ3) is 4.74. The third-order valence-electron chi connectivity index (χ3n) is 2.67. The molecule has 0 heterocycles. The Kier molecular flexibility index (Phi) is 5.66. The van der Waals surface area contributed by atoms with Gasteiger partial charge in [-0.3, -0.25) is 0 Å². The van der Waals surface area contributed by atoms with Gasteiger partial charge in [0.15, 0.2) is 0 Å². The van der Waals surface area contributed by atoms with Crippen LogP contribution >= 0.6 is 0 Å². The molecular formula is C14H19F3O2. The number of alkyl halides is 3. The average molecular weight is 276 g/mol. The summed E-state index contributed by atoms with van der Waals surface area (Å²) in [6.07, 6.45) is -4.41. The van der Waals surface area contributed by atoms with Crippen LogP contribution < -0.4 is 4.74 Å². The molecule has 108 valence electrons. The zero-order valence-corrected chi connectivity index (χ0v) is 11.4. The van der Waals surface area contributed by atoms with Crippen LogP contribution in [0, 0.1) is 0 Å². The fourth-order valence-electron chi connectivity index (χ4n) is 1.61. The van der Waals surface area contributed by atoms with Gasteiger partial charge in [0.25, 0.3) is 0 Å². The topological polar surface area (TPSA) is 18.5 Å². The minimum atomic E-state index is -4.41. The monoisotopic (exact) mass is 276 g/mol. The minimum absolute atomic E-state index is 0.0403. The zero-order chi connectivity index (χ0) is 14.5. The summed E-state index contributed by atoms with van der Waals surface area (Å²) >= 11 is 0. The lowest BCUT2D eigenvalue weighted by molar-refractivity contribution is -0.139. The van der Waals surface area contributed by atoms with Crippen molar-refractivity contribution in [3.8, 4) is 5.75 Å². The molecule has 0 aromatic heterocycles. The molecular weight excluding hydrogens is 257 g/mol. The van der Waals surface area contributed by atoms with Crippen LogP contribution in [0.25, 0.3) is 0 Å². The van der Waals surface area contributed by atoms with Crippen LogP contribution in [-0.4, -0.2) is 19.8 Å². The molecule has 0 bridgehead atoms. The first-order chi connectivity index (χ1) is 8.86. The standard InChI is InChI=1S/C14H19F3O2/c1-4-18-7-8-19-13-6-5-11(10(2)3)9-12(13)14(15,16)17/h5-6,9-10H,4,7-8H2,1-3H3. The van der Waals surface area contributed by atoms with Crippen molar-refractivity contribution in [2.24, 2.45) is 0 Å². The summed E-state index contributed by atoms with van der Waals surface area (Å²) in [5.41, 5.74) is -0.0836. The molecule has 0 unspecified atom stereocenters. The summed E-state index contributed by atoms with van der Waals surface area (Å²) in [5, 5.41) is 0. The Morgan fingerprint density at radius 1 is 1.16 bits per heavy atom. The highest BCUT2D eigenvalue weighted by Crippen LogP contribution is 2.37. The normalized spacial score (nSPS) is 11.9. The second-order valence-corrected chi connectivity index (χ2v) is 4.45. The quantitative estimate of drug-likeness (QED) is 0.723. The number of benzene rings is 1. The lowest BCUT2D eigenvalue weighted by atomic mass is 10.00. The summed E-state index contributed by atoms with van der Waals surface area (Å²) in [6, 6.07) is 4.20. The lowest BCUT2D eigenvalue weighted by Crippen LogP contribution is -2.12. The van der Waals surface area contributed by atoms with Gasteiger partial charge in [-0.05, 0) is 30.5 Å². The molecule has 1 aromatic carbocycles. The van der Waals surface area contributed by atoms with Crippen LogP contribution in [0.1, 0.15) is 37.8 Å². The van der Waals surface area contributed by atoms with E-state index in [9.17, 15) is 13.2 Å².